The standard InChI is InChI=1S/C18H16ClN3OS/c1-12(13-5-7-15(19)8-6-13)21-18(23)22-16-4-2-3-14(11-16)17-20-9-10-24-17/h2-12H,1H3,(H2,21,22,23). The maximum absolute atomic E-state index is 12.2. The number of urea groups is 1. The van der Waals surface area contributed by atoms with Crippen molar-refractivity contribution < 1.29 is 4.79 Å². The number of hydrogen-bond acceptors (Lipinski definition) is 3. The van der Waals surface area contributed by atoms with Gasteiger partial charge in [-0.05, 0) is 36.8 Å². The second-order valence-electron chi connectivity index (χ2n) is 5.29. The van der Waals surface area contributed by atoms with E-state index in [9.17, 15) is 4.79 Å². The molecule has 1 atom stereocenters. The number of anilines is 1. The van der Waals surface area contributed by atoms with Gasteiger partial charge >= 0.3 is 6.03 Å². The number of rotatable bonds is 4. The summed E-state index contributed by atoms with van der Waals surface area (Å²) in [6.07, 6.45) is 1.76. The van der Waals surface area contributed by atoms with Crippen LogP contribution in [0.15, 0.2) is 60.1 Å². The number of nitrogens with one attached hydrogen (secondary N) is 2. The van der Waals surface area contributed by atoms with Crippen molar-refractivity contribution in [3.63, 3.8) is 0 Å². The first kappa shape index (κ1) is 16.5. The molecular weight excluding hydrogens is 342 g/mol. The van der Waals surface area contributed by atoms with Gasteiger partial charge in [-0.2, -0.15) is 0 Å². The fraction of sp³-hybridized carbons (Fsp3) is 0.111. The van der Waals surface area contributed by atoms with Gasteiger partial charge in [0.2, 0.25) is 0 Å². The van der Waals surface area contributed by atoms with E-state index in [0.717, 1.165) is 21.8 Å². The lowest BCUT2D eigenvalue weighted by Gasteiger charge is -2.15. The molecule has 2 amide bonds. The summed E-state index contributed by atoms with van der Waals surface area (Å²) >= 11 is 7.45. The van der Waals surface area contributed by atoms with Crippen LogP contribution in [0, 0.1) is 0 Å². The van der Waals surface area contributed by atoms with Crippen LogP contribution < -0.4 is 10.6 Å². The van der Waals surface area contributed by atoms with Gasteiger partial charge in [0.1, 0.15) is 5.01 Å². The van der Waals surface area contributed by atoms with Crippen molar-refractivity contribution in [1.29, 1.82) is 0 Å². The minimum atomic E-state index is -0.256. The van der Waals surface area contributed by atoms with Gasteiger partial charge in [-0.1, -0.05) is 35.9 Å². The molecule has 0 spiro atoms. The van der Waals surface area contributed by atoms with E-state index in [1.807, 2.05) is 60.8 Å². The van der Waals surface area contributed by atoms with Crippen molar-refractivity contribution in [3.05, 3.63) is 70.7 Å². The van der Waals surface area contributed by atoms with Crippen molar-refractivity contribution in [1.82, 2.24) is 10.3 Å². The lowest BCUT2D eigenvalue weighted by Crippen LogP contribution is -2.31. The van der Waals surface area contributed by atoms with E-state index in [-0.39, 0.29) is 12.1 Å². The zero-order valence-corrected chi connectivity index (χ0v) is 14.6. The molecule has 3 rings (SSSR count). The first-order chi connectivity index (χ1) is 11.6. The molecule has 0 aliphatic heterocycles. The largest absolute Gasteiger partial charge is 0.331 e. The number of carbonyl (C=O) groups is 1. The highest BCUT2D eigenvalue weighted by atomic mass is 35.5. The topological polar surface area (TPSA) is 54.0 Å². The summed E-state index contributed by atoms with van der Waals surface area (Å²) in [6, 6.07) is 14.7. The van der Waals surface area contributed by atoms with E-state index in [4.69, 9.17) is 11.6 Å². The van der Waals surface area contributed by atoms with Crippen LogP contribution in [0.4, 0.5) is 10.5 Å². The molecule has 122 valence electrons. The molecule has 0 aliphatic carbocycles. The molecule has 1 heterocycles. The molecule has 0 saturated carbocycles. The highest BCUT2D eigenvalue weighted by Gasteiger charge is 2.10. The van der Waals surface area contributed by atoms with Gasteiger partial charge in [-0.25, -0.2) is 9.78 Å². The Kier molecular flexibility index (Phi) is 5.13. The molecule has 0 bridgehead atoms. The summed E-state index contributed by atoms with van der Waals surface area (Å²) in [7, 11) is 0. The fourth-order valence-corrected chi connectivity index (χ4v) is 3.06. The maximum atomic E-state index is 12.2. The Morgan fingerprint density at radius 3 is 2.71 bits per heavy atom. The van der Waals surface area contributed by atoms with Crippen LogP contribution in [-0.2, 0) is 0 Å². The lowest BCUT2D eigenvalue weighted by molar-refractivity contribution is 0.249. The Hall–Kier alpha value is -2.37. The third-order valence-electron chi connectivity index (χ3n) is 3.52. The van der Waals surface area contributed by atoms with Gasteiger partial charge in [0.25, 0.3) is 0 Å². The Bertz CT molecular complexity index is 819. The van der Waals surface area contributed by atoms with Gasteiger partial charge in [-0.15, -0.1) is 11.3 Å². The number of aromatic nitrogens is 1. The van der Waals surface area contributed by atoms with Crippen molar-refractivity contribution >= 4 is 34.7 Å². The fourth-order valence-electron chi connectivity index (χ4n) is 2.29. The molecule has 0 saturated heterocycles. The first-order valence-electron chi connectivity index (χ1n) is 7.45. The molecule has 24 heavy (non-hydrogen) atoms. The van der Waals surface area contributed by atoms with E-state index in [1.54, 1.807) is 17.5 Å². The number of hydrogen-bond donors (Lipinski definition) is 2. The Labute approximate surface area is 149 Å². The van der Waals surface area contributed by atoms with Crippen molar-refractivity contribution in [3.8, 4) is 10.6 Å². The summed E-state index contributed by atoms with van der Waals surface area (Å²) in [5.74, 6) is 0. The molecule has 1 unspecified atom stereocenters. The number of carbonyl (C=O) groups excluding carboxylic acids is 1. The Morgan fingerprint density at radius 1 is 1.21 bits per heavy atom. The van der Waals surface area contributed by atoms with Crippen LogP contribution in [0.25, 0.3) is 10.6 Å². The molecule has 0 aliphatic rings. The van der Waals surface area contributed by atoms with Gasteiger partial charge < -0.3 is 10.6 Å². The van der Waals surface area contributed by atoms with Gasteiger partial charge in [0.15, 0.2) is 0 Å². The number of amides is 2. The molecule has 0 radical (unpaired) electrons. The maximum Gasteiger partial charge on any atom is 0.319 e. The number of benzene rings is 2. The van der Waals surface area contributed by atoms with Gasteiger partial charge in [-0.3, -0.25) is 0 Å². The van der Waals surface area contributed by atoms with Crippen LogP contribution in [0.1, 0.15) is 18.5 Å². The summed E-state index contributed by atoms with van der Waals surface area (Å²) in [4.78, 5) is 16.5. The summed E-state index contributed by atoms with van der Waals surface area (Å²) < 4.78 is 0. The molecule has 0 fully saturated rings. The zero-order valence-electron chi connectivity index (χ0n) is 13.0. The number of halogens is 1. The average molecular weight is 358 g/mol. The van der Waals surface area contributed by atoms with Crippen LogP contribution in [0.5, 0.6) is 0 Å². The second-order valence-corrected chi connectivity index (χ2v) is 6.62. The summed E-state index contributed by atoms with van der Waals surface area (Å²) in [5.41, 5.74) is 2.70. The Morgan fingerprint density at radius 2 is 2.00 bits per heavy atom. The smallest absolute Gasteiger partial charge is 0.319 e. The second kappa shape index (κ2) is 7.47. The van der Waals surface area contributed by atoms with Crippen LogP contribution in [0.3, 0.4) is 0 Å². The Balaban J connectivity index is 1.64. The number of thiazole rings is 1. The molecular formula is C18H16ClN3OS. The SMILES string of the molecule is CC(NC(=O)Nc1cccc(-c2nccs2)c1)c1ccc(Cl)cc1. The molecule has 3 aromatic rings. The van der Waals surface area contributed by atoms with Gasteiger partial charge in [0.05, 0.1) is 6.04 Å². The predicted molar refractivity (Wildman–Crippen MR) is 99.6 cm³/mol. The molecule has 6 heteroatoms. The minimum absolute atomic E-state index is 0.121. The summed E-state index contributed by atoms with van der Waals surface area (Å²) in [6.45, 7) is 1.93. The number of nitrogens with zero attached hydrogens (tertiary/aromatic N) is 1. The van der Waals surface area contributed by atoms with E-state index >= 15 is 0 Å². The van der Waals surface area contributed by atoms with E-state index in [1.165, 1.54) is 0 Å². The first-order valence-corrected chi connectivity index (χ1v) is 8.70. The minimum Gasteiger partial charge on any atom is -0.331 e. The van der Waals surface area contributed by atoms with Crippen molar-refractivity contribution in [2.75, 3.05) is 5.32 Å². The van der Waals surface area contributed by atoms with Crippen LogP contribution in [0.2, 0.25) is 5.02 Å². The summed E-state index contributed by atoms with van der Waals surface area (Å²) in [5, 5.41) is 9.30. The zero-order chi connectivity index (χ0) is 16.9. The van der Waals surface area contributed by atoms with Gasteiger partial charge in [0, 0.05) is 27.9 Å². The highest BCUT2D eigenvalue weighted by Crippen LogP contribution is 2.24. The normalized spacial score (nSPS) is 11.8. The van der Waals surface area contributed by atoms with Crippen molar-refractivity contribution in [2.24, 2.45) is 0 Å². The third-order valence-corrected chi connectivity index (χ3v) is 4.59. The third kappa shape index (κ3) is 4.13. The molecule has 2 aromatic carbocycles. The van der Waals surface area contributed by atoms with Crippen molar-refractivity contribution in [2.45, 2.75) is 13.0 Å². The van der Waals surface area contributed by atoms with Crippen LogP contribution >= 0.6 is 22.9 Å². The van der Waals surface area contributed by atoms with E-state index in [0.29, 0.717) is 5.02 Å². The highest BCUT2D eigenvalue weighted by molar-refractivity contribution is 7.13. The lowest BCUT2D eigenvalue weighted by atomic mass is 10.1. The molecule has 2 N–H and O–H groups in total. The monoisotopic (exact) mass is 357 g/mol. The van der Waals surface area contributed by atoms with Crippen LogP contribution in [-0.4, -0.2) is 11.0 Å². The predicted octanol–water partition coefficient (Wildman–Crippen LogP) is 5.35. The van der Waals surface area contributed by atoms with E-state index < -0.39 is 0 Å². The average Bonchev–Trinajstić information content (AvgIpc) is 3.10. The molecule has 1 aromatic heterocycles. The van der Waals surface area contributed by atoms with E-state index in [2.05, 4.69) is 15.6 Å². The molecule has 4 nitrogen and oxygen atoms in total. The quantitative estimate of drug-likeness (QED) is 0.661.